The Morgan fingerprint density at radius 3 is 2.25 bits per heavy atom. The summed E-state index contributed by atoms with van der Waals surface area (Å²) in [6, 6.07) is 0. The van der Waals surface area contributed by atoms with Crippen LogP contribution in [-0.4, -0.2) is 0 Å². The van der Waals surface area contributed by atoms with E-state index in [2.05, 4.69) is 6.92 Å². The molecule has 0 atom stereocenters. The van der Waals surface area contributed by atoms with E-state index in [4.69, 9.17) is 4.22 Å². The van der Waals surface area contributed by atoms with Crippen molar-refractivity contribution in [3.8, 4) is 0 Å². The summed E-state index contributed by atoms with van der Waals surface area (Å²) in [7, 11) is 0. The Morgan fingerprint density at radius 2 is 2.25 bits per heavy atom. The third-order valence-electron chi connectivity index (χ3n) is 0.204. The van der Waals surface area contributed by atoms with Gasteiger partial charge in [-0.15, -0.1) is 0 Å². The molecule has 2 heteroatoms. The number of hydrogen-bond acceptors (Lipinski definition) is 1. The van der Waals surface area contributed by atoms with E-state index >= 15 is 0 Å². The van der Waals surface area contributed by atoms with Crippen molar-refractivity contribution in [3.63, 3.8) is 0 Å². The van der Waals surface area contributed by atoms with Crippen molar-refractivity contribution >= 4 is 0 Å². The second kappa shape index (κ2) is 3.67. The fourth-order valence-corrected chi connectivity index (χ4v) is 0. The van der Waals surface area contributed by atoms with Crippen molar-refractivity contribution < 1.29 is 19.4 Å². The maximum atomic E-state index is 5.15. The van der Waals surface area contributed by atoms with Gasteiger partial charge < -0.3 is 0 Å². The van der Waals surface area contributed by atoms with Crippen molar-refractivity contribution in [1.29, 1.82) is 0 Å². The fourth-order valence-electron chi connectivity index (χ4n) is 0. The molecular weight excluding hydrogens is 85.9 g/mol. The normalized spacial score (nSPS) is 6.50. The van der Waals surface area contributed by atoms with Crippen molar-refractivity contribution in [3.05, 3.63) is 0 Å². The molecule has 0 aromatic heterocycles. The van der Waals surface area contributed by atoms with Gasteiger partial charge in [0.2, 0.25) is 0 Å². The summed E-state index contributed by atoms with van der Waals surface area (Å²) in [5.74, 6) is 0. The second-order valence-corrected chi connectivity index (χ2v) is 2.30. The van der Waals surface area contributed by atoms with Gasteiger partial charge in [0.15, 0.2) is 0 Å². The van der Waals surface area contributed by atoms with E-state index in [-0.39, 0.29) is 19.4 Å². The first-order valence-electron chi connectivity index (χ1n) is 1.35. The molecule has 0 heterocycles. The van der Waals surface area contributed by atoms with Gasteiger partial charge in [-0.25, -0.2) is 0 Å². The molecule has 0 fully saturated rings. The minimum atomic E-state index is 0.0139. The summed E-state index contributed by atoms with van der Waals surface area (Å²) in [5.41, 5.74) is 0. The summed E-state index contributed by atoms with van der Waals surface area (Å²) in [5, 5.41) is 0. The van der Waals surface area contributed by atoms with Crippen molar-refractivity contribution in [2.75, 3.05) is 0 Å². The third kappa shape index (κ3) is 2.67. The molecule has 2 N–H and O–H groups in total. The first kappa shape index (κ1) is 4.67. The van der Waals surface area contributed by atoms with E-state index in [0.29, 0.717) is 0 Å². The molecular formula is C2H7NTi. The van der Waals surface area contributed by atoms with Crippen LogP contribution in [0, 0.1) is 0 Å². The number of nitrogens with two attached hydrogens (primary N) is 1. The van der Waals surface area contributed by atoms with Crippen LogP contribution >= 0.6 is 0 Å². The standard InChI is InChI=1S/C2H5.H2N.Ti/c1-2;;/h1H2,2H3;1H2;/q;-1;+1. The molecule has 0 bridgehead atoms. The van der Waals surface area contributed by atoms with Crippen LogP contribution < -0.4 is 4.22 Å². The molecule has 0 aromatic carbocycles. The van der Waals surface area contributed by atoms with E-state index in [9.17, 15) is 0 Å². The molecule has 4 heavy (non-hydrogen) atoms. The molecule has 0 aliphatic rings. The Bertz CT molecular complexity index is 8.00. The summed E-state index contributed by atoms with van der Waals surface area (Å²) in [4.78, 5) is 0. The van der Waals surface area contributed by atoms with Crippen LogP contribution in [0.3, 0.4) is 0 Å². The second-order valence-electron chi connectivity index (χ2n) is 0.558. The molecule has 1 nitrogen and oxygen atoms in total. The molecule has 0 aromatic rings. The quantitative estimate of drug-likeness (QED) is 0.466. The molecule has 0 saturated heterocycles. The Balaban J connectivity index is 1.97. The van der Waals surface area contributed by atoms with Crippen LogP contribution in [0.2, 0.25) is 4.73 Å². The number of rotatable bonds is 1. The summed E-state index contributed by atoms with van der Waals surface area (Å²) in [6.45, 7) is 2.11. The molecule has 0 radical (unpaired) electrons. The first-order chi connectivity index (χ1) is 1.91. The zero-order valence-electron chi connectivity index (χ0n) is 2.78. The van der Waals surface area contributed by atoms with E-state index in [1.165, 1.54) is 4.73 Å². The Hall–Kier alpha value is 0.674. The van der Waals surface area contributed by atoms with Gasteiger partial charge in [0.25, 0.3) is 0 Å². The predicted octanol–water partition coefficient (Wildman–Crippen LogP) is 0.381. The Kier molecular flexibility index (Phi) is 4.29. The van der Waals surface area contributed by atoms with Crippen LogP contribution in [0.1, 0.15) is 6.92 Å². The molecule has 0 spiro atoms. The SMILES string of the molecule is C[CH2][Ti][NH2]. The Morgan fingerprint density at radius 1 is 2.00 bits per heavy atom. The molecule has 0 rings (SSSR count). The minimum absolute atomic E-state index is 0.0139. The van der Waals surface area contributed by atoms with Gasteiger partial charge in [0.05, 0.1) is 0 Å². The van der Waals surface area contributed by atoms with Crippen LogP contribution in [-0.2, 0) is 19.4 Å². The van der Waals surface area contributed by atoms with Gasteiger partial charge in [-0.1, -0.05) is 0 Å². The maximum absolute atomic E-state index is 5.15. The van der Waals surface area contributed by atoms with Crippen molar-refractivity contribution in [2.24, 2.45) is 4.22 Å². The fraction of sp³-hybridized carbons (Fsp3) is 1.00. The molecule has 0 saturated carbocycles. The topological polar surface area (TPSA) is 26.0 Å². The molecule has 0 amide bonds. The average Bonchev–Trinajstić information content (AvgIpc) is 1.37. The molecule has 0 aliphatic heterocycles. The van der Waals surface area contributed by atoms with Crippen molar-refractivity contribution in [2.45, 2.75) is 11.6 Å². The van der Waals surface area contributed by atoms with Gasteiger partial charge in [0.1, 0.15) is 0 Å². The molecule has 0 unspecified atom stereocenters. The van der Waals surface area contributed by atoms with E-state index in [1.54, 1.807) is 0 Å². The average molecular weight is 93.0 g/mol. The van der Waals surface area contributed by atoms with Gasteiger partial charge >= 0.3 is 35.3 Å². The molecule has 24 valence electrons. The zero-order chi connectivity index (χ0) is 3.41. The Labute approximate surface area is 35.8 Å². The van der Waals surface area contributed by atoms with Crippen LogP contribution in [0.25, 0.3) is 0 Å². The van der Waals surface area contributed by atoms with E-state index in [0.717, 1.165) is 0 Å². The summed E-state index contributed by atoms with van der Waals surface area (Å²) >= 11 is 0.0139. The number of hydrogen-bond donors (Lipinski definition) is 1. The zero-order valence-corrected chi connectivity index (χ0v) is 4.35. The van der Waals surface area contributed by atoms with Gasteiger partial charge in [-0.3, -0.25) is 0 Å². The predicted molar refractivity (Wildman–Crippen MR) is 14.7 cm³/mol. The van der Waals surface area contributed by atoms with Gasteiger partial charge in [-0.05, 0) is 0 Å². The van der Waals surface area contributed by atoms with E-state index in [1.807, 2.05) is 0 Å². The first-order valence-corrected chi connectivity index (χ1v) is 3.36. The van der Waals surface area contributed by atoms with Crippen LogP contribution in [0.15, 0.2) is 0 Å². The van der Waals surface area contributed by atoms with E-state index < -0.39 is 0 Å². The van der Waals surface area contributed by atoms with Gasteiger partial charge in [-0.2, -0.15) is 0 Å². The summed E-state index contributed by atoms with van der Waals surface area (Å²) in [6.07, 6.45) is 0. The van der Waals surface area contributed by atoms with Crippen molar-refractivity contribution in [1.82, 2.24) is 0 Å². The third-order valence-corrected chi connectivity index (χ3v) is 0.842. The van der Waals surface area contributed by atoms with Gasteiger partial charge in [0, 0.05) is 0 Å². The molecule has 0 aliphatic carbocycles. The van der Waals surface area contributed by atoms with Crippen LogP contribution in [0.5, 0.6) is 0 Å². The monoisotopic (exact) mass is 93.0 g/mol. The van der Waals surface area contributed by atoms with Crippen LogP contribution in [0.4, 0.5) is 0 Å². The summed E-state index contributed by atoms with van der Waals surface area (Å²) < 4.78 is 6.38.